The number of carbonyl (C=O) groups excluding carboxylic acids is 1. The number of nitrogens with zero attached hydrogens (tertiary/aromatic N) is 1. The number of cyclic esters (lactones) is 1. The Hall–Kier alpha value is -3.06. The normalized spacial score (nSPS) is 14.2. The van der Waals surface area contributed by atoms with Crippen molar-refractivity contribution in [2.24, 2.45) is 4.99 Å². The van der Waals surface area contributed by atoms with Crippen molar-refractivity contribution >= 4 is 52.7 Å². The number of aliphatic imine (C=N–C) groups is 1. The summed E-state index contributed by atoms with van der Waals surface area (Å²) in [7, 11) is 0. The average molecular weight is 521 g/mol. The number of esters is 1. The number of benzene rings is 3. The SMILES string of the molecule is CCOc1cc(/C=C2\N=C(c3ccc(Cl)c(Cl)c3)OC2=O)cc(Cl)c1OCc1ccc(F)cc1. The quantitative estimate of drug-likeness (QED) is 0.246. The Labute approximate surface area is 210 Å². The summed E-state index contributed by atoms with van der Waals surface area (Å²) in [6, 6.07) is 14.1. The first-order valence-electron chi connectivity index (χ1n) is 10.2. The summed E-state index contributed by atoms with van der Waals surface area (Å²) < 4.78 is 30.0. The van der Waals surface area contributed by atoms with E-state index in [0.29, 0.717) is 39.3 Å². The van der Waals surface area contributed by atoms with E-state index in [2.05, 4.69) is 4.99 Å². The van der Waals surface area contributed by atoms with Gasteiger partial charge in [0.2, 0.25) is 5.90 Å². The molecule has 0 N–H and O–H groups in total. The number of hydrogen-bond donors (Lipinski definition) is 0. The van der Waals surface area contributed by atoms with Crippen LogP contribution in [-0.2, 0) is 16.1 Å². The lowest BCUT2D eigenvalue weighted by atomic mass is 10.1. The van der Waals surface area contributed by atoms with E-state index in [9.17, 15) is 9.18 Å². The van der Waals surface area contributed by atoms with Crippen molar-refractivity contribution in [3.05, 3.63) is 97.9 Å². The second-order valence-electron chi connectivity index (χ2n) is 7.14. The maximum atomic E-state index is 13.1. The van der Waals surface area contributed by atoms with Crippen molar-refractivity contribution in [1.29, 1.82) is 0 Å². The largest absolute Gasteiger partial charge is 0.490 e. The predicted molar refractivity (Wildman–Crippen MR) is 130 cm³/mol. The summed E-state index contributed by atoms with van der Waals surface area (Å²) in [6.07, 6.45) is 1.53. The smallest absolute Gasteiger partial charge is 0.363 e. The maximum Gasteiger partial charge on any atom is 0.363 e. The third-order valence-electron chi connectivity index (χ3n) is 4.72. The lowest BCUT2D eigenvalue weighted by Gasteiger charge is -2.14. The highest BCUT2D eigenvalue weighted by Gasteiger charge is 2.25. The van der Waals surface area contributed by atoms with Gasteiger partial charge in [0, 0.05) is 5.56 Å². The molecule has 0 aromatic heterocycles. The highest BCUT2D eigenvalue weighted by molar-refractivity contribution is 6.42. The van der Waals surface area contributed by atoms with Gasteiger partial charge in [-0.05, 0) is 66.6 Å². The minimum absolute atomic E-state index is 0.0829. The molecule has 0 amide bonds. The fourth-order valence-corrected chi connectivity index (χ4v) is 3.70. The fourth-order valence-electron chi connectivity index (χ4n) is 3.13. The summed E-state index contributed by atoms with van der Waals surface area (Å²) in [5.74, 6) is -0.102. The Bertz CT molecular complexity index is 1310. The molecule has 0 spiro atoms. The van der Waals surface area contributed by atoms with Gasteiger partial charge in [0.05, 0.1) is 21.7 Å². The van der Waals surface area contributed by atoms with E-state index in [-0.39, 0.29) is 29.0 Å². The van der Waals surface area contributed by atoms with Gasteiger partial charge in [0.1, 0.15) is 12.4 Å². The van der Waals surface area contributed by atoms with E-state index < -0.39 is 5.97 Å². The molecule has 1 heterocycles. The summed E-state index contributed by atoms with van der Waals surface area (Å²) in [5.41, 5.74) is 1.93. The first-order chi connectivity index (χ1) is 16.3. The van der Waals surface area contributed by atoms with Crippen molar-refractivity contribution < 1.29 is 23.4 Å². The molecule has 174 valence electrons. The molecule has 0 saturated carbocycles. The summed E-state index contributed by atoms with van der Waals surface area (Å²) >= 11 is 18.5. The van der Waals surface area contributed by atoms with Gasteiger partial charge in [-0.2, -0.15) is 0 Å². The molecule has 3 aromatic rings. The van der Waals surface area contributed by atoms with Gasteiger partial charge in [0.15, 0.2) is 17.2 Å². The van der Waals surface area contributed by atoms with Crippen LogP contribution in [0.15, 0.2) is 65.3 Å². The Morgan fingerprint density at radius 3 is 2.44 bits per heavy atom. The number of hydrogen-bond acceptors (Lipinski definition) is 5. The Kier molecular flexibility index (Phi) is 7.41. The molecule has 3 aromatic carbocycles. The highest BCUT2D eigenvalue weighted by atomic mass is 35.5. The fraction of sp³-hybridized carbons (Fsp3) is 0.120. The van der Waals surface area contributed by atoms with Crippen LogP contribution in [0.1, 0.15) is 23.6 Å². The molecule has 5 nitrogen and oxygen atoms in total. The van der Waals surface area contributed by atoms with Crippen molar-refractivity contribution in [1.82, 2.24) is 0 Å². The molecule has 1 aliphatic rings. The Balaban J connectivity index is 1.61. The van der Waals surface area contributed by atoms with Gasteiger partial charge in [-0.25, -0.2) is 14.2 Å². The van der Waals surface area contributed by atoms with Gasteiger partial charge in [-0.1, -0.05) is 46.9 Å². The standard InChI is InChI=1S/C25H17Cl3FNO4/c1-2-32-22-11-15(9-20(28)23(22)33-13-14-3-6-17(29)7-4-14)10-21-25(31)34-24(30-21)16-5-8-18(26)19(27)12-16/h3-12H,2,13H2,1H3/b21-10-. The van der Waals surface area contributed by atoms with Crippen molar-refractivity contribution in [2.75, 3.05) is 6.61 Å². The molecule has 0 radical (unpaired) electrons. The topological polar surface area (TPSA) is 57.1 Å². The summed E-state index contributed by atoms with van der Waals surface area (Å²) in [4.78, 5) is 16.7. The minimum Gasteiger partial charge on any atom is -0.490 e. The van der Waals surface area contributed by atoms with Crippen LogP contribution in [0.5, 0.6) is 11.5 Å². The first-order valence-corrected chi connectivity index (χ1v) is 11.3. The van der Waals surface area contributed by atoms with E-state index in [1.165, 1.54) is 18.2 Å². The molecule has 0 bridgehead atoms. The van der Waals surface area contributed by atoms with Gasteiger partial charge in [0.25, 0.3) is 0 Å². The van der Waals surface area contributed by atoms with Crippen LogP contribution >= 0.6 is 34.8 Å². The zero-order valence-electron chi connectivity index (χ0n) is 17.8. The van der Waals surface area contributed by atoms with Crippen LogP contribution in [0, 0.1) is 5.82 Å². The van der Waals surface area contributed by atoms with Gasteiger partial charge in [-0.3, -0.25) is 0 Å². The zero-order chi connectivity index (χ0) is 24.2. The van der Waals surface area contributed by atoms with Gasteiger partial charge >= 0.3 is 5.97 Å². The van der Waals surface area contributed by atoms with E-state index in [1.807, 2.05) is 6.92 Å². The molecule has 0 fully saturated rings. The zero-order valence-corrected chi connectivity index (χ0v) is 20.0. The van der Waals surface area contributed by atoms with Crippen molar-refractivity contribution in [3.63, 3.8) is 0 Å². The molecule has 0 aliphatic carbocycles. The number of rotatable bonds is 7. The van der Waals surface area contributed by atoms with Crippen LogP contribution < -0.4 is 9.47 Å². The lowest BCUT2D eigenvalue weighted by molar-refractivity contribution is -0.129. The van der Waals surface area contributed by atoms with Gasteiger partial charge in [-0.15, -0.1) is 0 Å². The average Bonchev–Trinajstić information content (AvgIpc) is 3.16. The number of halogens is 4. The second-order valence-corrected chi connectivity index (χ2v) is 8.36. The maximum absolute atomic E-state index is 13.1. The monoisotopic (exact) mass is 519 g/mol. The van der Waals surface area contributed by atoms with Crippen LogP contribution in [0.4, 0.5) is 4.39 Å². The second kappa shape index (κ2) is 10.5. The molecule has 0 saturated heterocycles. The number of ether oxygens (including phenoxy) is 3. The van der Waals surface area contributed by atoms with Crippen molar-refractivity contribution in [3.8, 4) is 11.5 Å². The van der Waals surface area contributed by atoms with Crippen LogP contribution in [-0.4, -0.2) is 18.5 Å². The molecule has 34 heavy (non-hydrogen) atoms. The predicted octanol–water partition coefficient (Wildman–Crippen LogP) is 7.11. The highest BCUT2D eigenvalue weighted by Crippen LogP contribution is 2.38. The minimum atomic E-state index is -0.619. The molecule has 4 rings (SSSR count). The van der Waals surface area contributed by atoms with Crippen LogP contribution in [0.2, 0.25) is 15.1 Å². The molecule has 0 unspecified atom stereocenters. The van der Waals surface area contributed by atoms with Gasteiger partial charge < -0.3 is 14.2 Å². The van der Waals surface area contributed by atoms with E-state index in [4.69, 9.17) is 49.0 Å². The molecule has 0 atom stereocenters. The van der Waals surface area contributed by atoms with E-state index in [0.717, 1.165) is 5.56 Å². The summed E-state index contributed by atoms with van der Waals surface area (Å²) in [6.45, 7) is 2.36. The first kappa shape index (κ1) is 24.1. The van der Waals surface area contributed by atoms with E-state index >= 15 is 0 Å². The summed E-state index contributed by atoms with van der Waals surface area (Å²) in [5, 5.41) is 0.977. The third-order valence-corrected chi connectivity index (χ3v) is 5.74. The van der Waals surface area contributed by atoms with E-state index in [1.54, 1.807) is 42.5 Å². The molecular formula is C25H17Cl3FNO4. The lowest BCUT2D eigenvalue weighted by Crippen LogP contribution is -2.05. The molecule has 9 heteroatoms. The molecule has 1 aliphatic heterocycles. The Morgan fingerprint density at radius 2 is 1.74 bits per heavy atom. The molecular weight excluding hydrogens is 504 g/mol. The van der Waals surface area contributed by atoms with Crippen LogP contribution in [0.3, 0.4) is 0 Å². The third kappa shape index (κ3) is 5.53. The Morgan fingerprint density at radius 1 is 0.971 bits per heavy atom. The van der Waals surface area contributed by atoms with Crippen molar-refractivity contribution in [2.45, 2.75) is 13.5 Å². The van der Waals surface area contributed by atoms with Crippen LogP contribution in [0.25, 0.3) is 6.08 Å². The number of carbonyl (C=O) groups is 1.